The van der Waals surface area contributed by atoms with Gasteiger partial charge in [0.15, 0.2) is 0 Å². The lowest BCUT2D eigenvalue weighted by Crippen LogP contribution is -2.30. The molecule has 0 saturated heterocycles. The van der Waals surface area contributed by atoms with Gasteiger partial charge in [0.2, 0.25) is 5.91 Å². The summed E-state index contributed by atoms with van der Waals surface area (Å²) in [5.74, 6) is -1.27. The second kappa shape index (κ2) is 8.82. The molecule has 0 bridgehead atoms. The van der Waals surface area contributed by atoms with Crippen LogP contribution in [0.3, 0.4) is 0 Å². The topological polar surface area (TPSA) is 90.2 Å². The number of benzene rings is 2. The number of aromatic carboxylic acids is 1. The van der Waals surface area contributed by atoms with Crippen molar-refractivity contribution in [2.75, 3.05) is 6.54 Å². The Bertz CT molecular complexity index is 837. The van der Waals surface area contributed by atoms with Gasteiger partial charge in [-0.1, -0.05) is 56.3 Å². The van der Waals surface area contributed by atoms with Gasteiger partial charge in [0.25, 0.3) is 0 Å². The molecule has 2 aromatic rings. The number of nitrogens with one attached hydrogen (secondary N) is 1. The lowest BCUT2D eigenvalue weighted by Gasteiger charge is -2.19. The molecule has 0 saturated carbocycles. The van der Waals surface area contributed by atoms with Gasteiger partial charge in [-0.25, -0.2) is 4.79 Å². The third-order valence-corrected chi connectivity index (χ3v) is 4.12. The van der Waals surface area contributed by atoms with Crippen molar-refractivity contribution in [1.82, 2.24) is 5.32 Å². The number of amides is 1. The largest absolute Gasteiger partial charge is 0.478 e. The average Bonchev–Trinajstić information content (AvgIpc) is 2.64. The van der Waals surface area contributed by atoms with Gasteiger partial charge in [-0.15, -0.1) is 0 Å². The first-order valence-electron chi connectivity index (χ1n) is 8.51. The fourth-order valence-electron chi connectivity index (χ4n) is 2.96. The van der Waals surface area contributed by atoms with Crippen molar-refractivity contribution in [3.8, 4) is 17.2 Å². The number of carboxylic acids is 1. The monoisotopic (exact) mass is 350 g/mol. The molecule has 0 fully saturated rings. The Labute approximate surface area is 153 Å². The van der Waals surface area contributed by atoms with Gasteiger partial charge in [-0.2, -0.15) is 5.26 Å². The van der Waals surface area contributed by atoms with Crippen molar-refractivity contribution in [3.05, 3.63) is 59.7 Å². The summed E-state index contributed by atoms with van der Waals surface area (Å²) in [6.07, 6.45) is 0.640. The maximum absolute atomic E-state index is 12.5. The second-order valence-corrected chi connectivity index (χ2v) is 6.53. The highest BCUT2D eigenvalue weighted by Crippen LogP contribution is 2.30. The van der Waals surface area contributed by atoms with E-state index in [-0.39, 0.29) is 23.9 Å². The van der Waals surface area contributed by atoms with Crippen LogP contribution in [-0.2, 0) is 4.79 Å². The van der Waals surface area contributed by atoms with Gasteiger partial charge < -0.3 is 10.4 Å². The van der Waals surface area contributed by atoms with E-state index in [0.717, 1.165) is 11.1 Å². The number of nitriles is 1. The average molecular weight is 350 g/mol. The number of hydrogen-bond donors (Lipinski definition) is 2. The van der Waals surface area contributed by atoms with E-state index in [4.69, 9.17) is 5.26 Å². The van der Waals surface area contributed by atoms with Crippen LogP contribution in [0.1, 0.15) is 42.1 Å². The molecule has 134 valence electrons. The predicted octanol–water partition coefficient (Wildman–Crippen LogP) is 3.82. The molecule has 2 aromatic carbocycles. The minimum absolute atomic E-state index is 0.0328. The smallest absolute Gasteiger partial charge is 0.336 e. The van der Waals surface area contributed by atoms with Crippen LogP contribution in [0, 0.1) is 17.2 Å². The van der Waals surface area contributed by atoms with Crippen LogP contribution in [0.2, 0.25) is 0 Å². The van der Waals surface area contributed by atoms with E-state index in [2.05, 4.69) is 5.32 Å². The Morgan fingerprint density at radius 3 is 2.54 bits per heavy atom. The molecule has 0 aliphatic rings. The Hall–Kier alpha value is -3.13. The third-order valence-electron chi connectivity index (χ3n) is 4.12. The molecule has 0 spiro atoms. The normalized spacial score (nSPS) is 11.6. The lowest BCUT2D eigenvalue weighted by molar-refractivity contribution is -0.122. The molecular formula is C21H22N2O3. The Morgan fingerprint density at radius 1 is 1.15 bits per heavy atom. The standard InChI is InChI=1S/C21H22N2O3/c1-14(2)12-19(20(24)23-11-10-22)16-7-5-6-15(13-16)17-8-3-4-9-18(17)21(25)26/h3-9,13-14,19H,11-12H2,1-2H3,(H,23,24)(H,25,26). The van der Waals surface area contributed by atoms with E-state index in [1.165, 1.54) is 0 Å². The van der Waals surface area contributed by atoms with E-state index in [0.29, 0.717) is 17.9 Å². The van der Waals surface area contributed by atoms with Gasteiger partial charge >= 0.3 is 5.97 Å². The molecule has 0 radical (unpaired) electrons. The van der Waals surface area contributed by atoms with Crippen molar-refractivity contribution in [2.24, 2.45) is 5.92 Å². The number of nitrogens with zero attached hydrogens (tertiary/aromatic N) is 1. The highest BCUT2D eigenvalue weighted by Gasteiger charge is 2.22. The minimum Gasteiger partial charge on any atom is -0.478 e. The van der Waals surface area contributed by atoms with Crippen LogP contribution in [0.4, 0.5) is 0 Å². The quantitative estimate of drug-likeness (QED) is 0.743. The first-order valence-corrected chi connectivity index (χ1v) is 8.51. The fourth-order valence-corrected chi connectivity index (χ4v) is 2.96. The van der Waals surface area contributed by atoms with Gasteiger partial charge in [0.1, 0.15) is 6.54 Å². The van der Waals surface area contributed by atoms with Crippen molar-refractivity contribution in [2.45, 2.75) is 26.2 Å². The summed E-state index contributed by atoms with van der Waals surface area (Å²) in [7, 11) is 0. The molecule has 1 amide bonds. The van der Waals surface area contributed by atoms with Gasteiger partial charge in [0.05, 0.1) is 17.6 Å². The molecule has 5 heteroatoms. The van der Waals surface area contributed by atoms with Crippen molar-refractivity contribution in [3.63, 3.8) is 0 Å². The number of hydrogen-bond acceptors (Lipinski definition) is 3. The van der Waals surface area contributed by atoms with Crippen molar-refractivity contribution >= 4 is 11.9 Å². The van der Waals surface area contributed by atoms with Crippen molar-refractivity contribution < 1.29 is 14.7 Å². The molecule has 1 atom stereocenters. The molecule has 0 aliphatic carbocycles. The summed E-state index contributed by atoms with van der Waals surface area (Å²) in [5, 5.41) is 20.8. The highest BCUT2D eigenvalue weighted by atomic mass is 16.4. The van der Waals surface area contributed by atoms with E-state index < -0.39 is 5.97 Å². The van der Waals surface area contributed by atoms with Crippen LogP contribution >= 0.6 is 0 Å². The van der Waals surface area contributed by atoms with Crippen LogP contribution in [0.5, 0.6) is 0 Å². The summed E-state index contributed by atoms with van der Waals surface area (Å²) < 4.78 is 0. The first kappa shape index (κ1) is 19.2. The Morgan fingerprint density at radius 2 is 1.88 bits per heavy atom. The molecule has 1 unspecified atom stereocenters. The number of carbonyl (C=O) groups excluding carboxylic acids is 1. The third kappa shape index (κ3) is 4.70. The van der Waals surface area contributed by atoms with Crippen LogP contribution in [-0.4, -0.2) is 23.5 Å². The number of carbonyl (C=O) groups is 2. The summed E-state index contributed by atoms with van der Waals surface area (Å²) in [4.78, 5) is 24.0. The van der Waals surface area contributed by atoms with Gasteiger partial charge in [-0.05, 0) is 35.1 Å². The summed E-state index contributed by atoms with van der Waals surface area (Å²) in [5.41, 5.74) is 2.40. The molecule has 0 heterocycles. The van der Waals surface area contributed by atoms with E-state index in [1.807, 2.05) is 44.2 Å². The molecular weight excluding hydrogens is 328 g/mol. The summed E-state index contributed by atoms with van der Waals surface area (Å²) >= 11 is 0. The van der Waals surface area contributed by atoms with Crippen LogP contribution in [0.15, 0.2) is 48.5 Å². The molecule has 2 N–H and O–H groups in total. The highest BCUT2D eigenvalue weighted by molar-refractivity contribution is 5.96. The SMILES string of the molecule is CC(C)CC(C(=O)NCC#N)c1cccc(-c2ccccc2C(=O)O)c1. The van der Waals surface area contributed by atoms with E-state index in [9.17, 15) is 14.7 Å². The van der Waals surface area contributed by atoms with E-state index >= 15 is 0 Å². The maximum Gasteiger partial charge on any atom is 0.336 e. The predicted molar refractivity (Wildman–Crippen MR) is 99.7 cm³/mol. The van der Waals surface area contributed by atoms with Gasteiger partial charge in [0, 0.05) is 0 Å². The van der Waals surface area contributed by atoms with Crippen LogP contribution in [0.25, 0.3) is 11.1 Å². The van der Waals surface area contributed by atoms with E-state index in [1.54, 1.807) is 24.3 Å². The zero-order valence-electron chi connectivity index (χ0n) is 14.9. The maximum atomic E-state index is 12.5. The fraction of sp³-hybridized carbons (Fsp3) is 0.286. The Balaban J connectivity index is 2.44. The minimum atomic E-state index is -0.989. The lowest BCUT2D eigenvalue weighted by atomic mass is 9.87. The summed E-state index contributed by atoms with van der Waals surface area (Å²) in [6, 6.07) is 16.1. The first-order chi connectivity index (χ1) is 12.4. The van der Waals surface area contributed by atoms with Gasteiger partial charge in [-0.3, -0.25) is 4.79 Å². The Kier molecular flexibility index (Phi) is 6.51. The zero-order valence-corrected chi connectivity index (χ0v) is 14.9. The van der Waals surface area contributed by atoms with Crippen molar-refractivity contribution in [1.29, 1.82) is 5.26 Å². The molecule has 0 aliphatic heterocycles. The number of carboxylic acid groups (broad SMARTS) is 1. The number of rotatable bonds is 7. The molecule has 26 heavy (non-hydrogen) atoms. The second-order valence-electron chi connectivity index (χ2n) is 6.53. The molecule has 0 aromatic heterocycles. The molecule has 2 rings (SSSR count). The summed E-state index contributed by atoms with van der Waals surface area (Å²) in [6.45, 7) is 4.04. The van der Waals surface area contributed by atoms with Crippen LogP contribution < -0.4 is 5.32 Å². The molecule has 5 nitrogen and oxygen atoms in total. The zero-order chi connectivity index (χ0) is 19.1.